The maximum atomic E-state index is 10.5. The minimum Gasteiger partial charge on any atom is -0.455 e. The molecule has 0 aromatic rings. The van der Waals surface area contributed by atoms with E-state index in [1.54, 1.807) is 0 Å². The summed E-state index contributed by atoms with van der Waals surface area (Å²) < 4.78 is 8.97. The lowest BCUT2D eigenvalue weighted by atomic mass is 10.0. The van der Waals surface area contributed by atoms with E-state index in [-0.39, 0.29) is 6.61 Å². The summed E-state index contributed by atoms with van der Waals surface area (Å²) in [5.74, 6) is 0. The molecular weight excluding hydrogens is 335 g/mol. The smallest absolute Gasteiger partial charge is 0.367 e. The Morgan fingerprint density at radius 2 is 2.06 bits per heavy atom. The molecule has 1 rings (SSSR count). The van der Waals surface area contributed by atoms with Gasteiger partial charge in [-0.25, -0.2) is 4.79 Å². The Balaban J connectivity index is 2.50. The number of hydrogen-bond acceptors (Lipinski definition) is 7. The third-order valence-electron chi connectivity index (χ3n) is 2.33. The molecule has 0 saturated carbocycles. The van der Waals surface area contributed by atoms with Crippen LogP contribution in [0.1, 0.15) is 0 Å². The van der Waals surface area contributed by atoms with Crippen molar-refractivity contribution in [2.45, 2.75) is 30.5 Å². The first-order chi connectivity index (χ1) is 7.47. The highest BCUT2D eigenvalue weighted by molar-refractivity contribution is 14.1. The summed E-state index contributed by atoms with van der Waals surface area (Å²) in [6.07, 6.45) is -5.85. The average molecular weight is 348 g/mol. The van der Waals surface area contributed by atoms with Gasteiger partial charge in [-0.3, -0.25) is 0 Å². The summed E-state index contributed by atoms with van der Waals surface area (Å²) in [4.78, 5) is 10.5. The Labute approximate surface area is 105 Å². The lowest BCUT2D eigenvalue weighted by molar-refractivity contribution is -0.0880. The van der Waals surface area contributed by atoms with E-state index in [9.17, 15) is 20.1 Å². The van der Waals surface area contributed by atoms with Gasteiger partial charge in [0.2, 0.25) is 0 Å². The van der Waals surface area contributed by atoms with Crippen LogP contribution >= 0.6 is 22.6 Å². The zero-order valence-electron chi connectivity index (χ0n) is 8.19. The zero-order chi connectivity index (χ0) is 12.3. The predicted molar refractivity (Wildman–Crippen MR) is 59.1 cm³/mol. The SMILES string of the molecule is O=C(I)OCC(O)C1OC(CO)C(O)C1O. The molecule has 0 radical (unpaired) electrons. The van der Waals surface area contributed by atoms with Gasteiger partial charge in [0, 0.05) is 0 Å². The second-order valence-electron chi connectivity index (χ2n) is 3.42. The van der Waals surface area contributed by atoms with Crippen LogP contribution in [0.3, 0.4) is 0 Å². The molecule has 1 aliphatic heterocycles. The van der Waals surface area contributed by atoms with Crippen molar-refractivity contribution in [1.29, 1.82) is 0 Å². The summed E-state index contributed by atoms with van der Waals surface area (Å²) in [6, 6.07) is 0. The largest absolute Gasteiger partial charge is 0.455 e. The molecule has 1 heterocycles. The summed E-state index contributed by atoms with van der Waals surface area (Å²) in [5.41, 5.74) is 0. The van der Waals surface area contributed by atoms with Crippen LogP contribution in [0.2, 0.25) is 0 Å². The Morgan fingerprint density at radius 1 is 1.44 bits per heavy atom. The number of carbonyl (C=O) groups excluding carboxylic acids is 1. The molecule has 0 amide bonds. The fourth-order valence-corrected chi connectivity index (χ4v) is 1.67. The molecule has 7 nitrogen and oxygen atoms in total. The first kappa shape index (κ1) is 14.1. The lowest BCUT2D eigenvalue weighted by Crippen LogP contribution is -2.41. The zero-order valence-corrected chi connectivity index (χ0v) is 10.4. The van der Waals surface area contributed by atoms with Crippen molar-refractivity contribution in [2.24, 2.45) is 0 Å². The molecule has 8 heteroatoms. The third kappa shape index (κ3) is 3.25. The molecule has 0 spiro atoms. The molecule has 94 valence electrons. The normalized spacial score (nSPS) is 36.1. The Kier molecular flexibility index (Phi) is 5.34. The van der Waals surface area contributed by atoms with Crippen LogP contribution < -0.4 is 0 Å². The van der Waals surface area contributed by atoms with Crippen molar-refractivity contribution < 1.29 is 34.7 Å². The van der Waals surface area contributed by atoms with Crippen molar-refractivity contribution >= 4 is 26.6 Å². The number of ether oxygens (including phenoxy) is 2. The van der Waals surface area contributed by atoms with E-state index in [4.69, 9.17) is 9.84 Å². The molecule has 0 aromatic carbocycles. The molecule has 1 fully saturated rings. The van der Waals surface area contributed by atoms with Crippen molar-refractivity contribution in [3.8, 4) is 0 Å². The third-order valence-corrected chi connectivity index (χ3v) is 2.64. The minimum absolute atomic E-state index is 0.339. The second kappa shape index (κ2) is 6.07. The first-order valence-corrected chi connectivity index (χ1v) is 5.68. The van der Waals surface area contributed by atoms with Gasteiger partial charge in [0.1, 0.15) is 37.1 Å². The highest BCUT2D eigenvalue weighted by atomic mass is 127. The number of rotatable bonds is 4. The van der Waals surface area contributed by atoms with E-state index in [1.165, 1.54) is 22.6 Å². The molecular formula is C8H13IO7. The summed E-state index contributed by atoms with van der Waals surface area (Å²) in [5, 5.41) is 37.3. The summed E-state index contributed by atoms with van der Waals surface area (Å²) in [6.45, 7) is -0.804. The predicted octanol–water partition coefficient (Wildman–Crippen LogP) is -1.60. The standard InChI is InChI=1S/C8H13IO7/c9-8(14)15-2-3(11)7-6(13)5(12)4(1-10)16-7/h3-7,10-13H,1-2H2. The summed E-state index contributed by atoms with van der Waals surface area (Å²) >= 11 is 1.39. The van der Waals surface area contributed by atoms with Gasteiger partial charge in [-0.05, 0) is 0 Å². The monoisotopic (exact) mass is 348 g/mol. The van der Waals surface area contributed by atoms with E-state index in [1.807, 2.05) is 0 Å². The average Bonchev–Trinajstić information content (AvgIpc) is 2.52. The van der Waals surface area contributed by atoms with E-state index in [2.05, 4.69) is 4.74 Å². The van der Waals surface area contributed by atoms with Gasteiger partial charge >= 0.3 is 3.98 Å². The number of hydrogen-bond donors (Lipinski definition) is 4. The molecule has 0 aromatic heterocycles. The fraction of sp³-hybridized carbons (Fsp3) is 0.875. The first-order valence-electron chi connectivity index (χ1n) is 4.60. The molecule has 0 aliphatic carbocycles. The highest BCUT2D eigenvalue weighted by Crippen LogP contribution is 2.23. The second-order valence-corrected chi connectivity index (χ2v) is 4.30. The van der Waals surface area contributed by atoms with Crippen LogP contribution in [0.4, 0.5) is 4.79 Å². The number of carbonyl (C=O) groups is 1. The number of aliphatic hydroxyl groups excluding tert-OH is 4. The maximum absolute atomic E-state index is 10.5. The van der Waals surface area contributed by atoms with Gasteiger partial charge in [-0.2, -0.15) is 0 Å². The molecule has 1 saturated heterocycles. The Hall–Kier alpha value is -0.0000000000000000694. The van der Waals surface area contributed by atoms with E-state index >= 15 is 0 Å². The number of aliphatic hydroxyl groups is 4. The van der Waals surface area contributed by atoms with Crippen molar-refractivity contribution in [3.63, 3.8) is 0 Å². The fourth-order valence-electron chi connectivity index (χ4n) is 1.49. The van der Waals surface area contributed by atoms with Gasteiger partial charge in [0.05, 0.1) is 29.2 Å². The molecule has 5 unspecified atom stereocenters. The number of halogens is 1. The van der Waals surface area contributed by atoms with E-state index in [0.29, 0.717) is 0 Å². The molecule has 0 bridgehead atoms. The molecule has 16 heavy (non-hydrogen) atoms. The van der Waals surface area contributed by atoms with Gasteiger partial charge in [-0.1, -0.05) is 0 Å². The molecule has 5 atom stereocenters. The summed E-state index contributed by atoms with van der Waals surface area (Å²) in [7, 11) is 0. The van der Waals surface area contributed by atoms with Crippen molar-refractivity contribution in [1.82, 2.24) is 0 Å². The Bertz CT molecular complexity index is 249. The maximum Gasteiger partial charge on any atom is 0.367 e. The van der Waals surface area contributed by atoms with Gasteiger partial charge in [0.15, 0.2) is 0 Å². The van der Waals surface area contributed by atoms with Gasteiger partial charge in [-0.15, -0.1) is 0 Å². The van der Waals surface area contributed by atoms with Crippen LogP contribution in [0.15, 0.2) is 0 Å². The van der Waals surface area contributed by atoms with Gasteiger partial charge in [0.25, 0.3) is 0 Å². The van der Waals surface area contributed by atoms with Crippen LogP contribution in [0, 0.1) is 0 Å². The van der Waals surface area contributed by atoms with Crippen LogP contribution in [-0.4, -0.2) is 68.1 Å². The quantitative estimate of drug-likeness (QED) is 0.357. The highest BCUT2D eigenvalue weighted by Gasteiger charge is 2.45. The molecule has 1 aliphatic rings. The van der Waals surface area contributed by atoms with Crippen LogP contribution in [0.5, 0.6) is 0 Å². The lowest BCUT2D eigenvalue weighted by Gasteiger charge is -2.20. The van der Waals surface area contributed by atoms with Crippen molar-refractivity contribution in [2.75, 3.05) is 13.2 Å². The van der Waals surface area contributed by atoms with Gasteiger partial charge < -0.3 is 29.9 Å². The molecule has 4 N–H and O–H groups in total. The van der Waals surface area contributed by atoms with E-state index in [0.717, 1.165) is 0 Å². The minimum atomic E-state index is -1.32. The van der Waals surface area contributed by atoms with Crippen molar-refractivity contribution in [3.05, 3.63) is 0 Å². The Morgan fingerprint density at radius 3 is 2.50 bits per heavy atom. The van der Waals surface area contributed by atoms with E-state index < -0.39 is 41.1 Å². The van der Waals surface area contributed by atoms with Crippen LogP contribution in [0.25, 0.3) is 0 Å². The van der Waals surface area contributed by atoms with Crippen LogP contribution in [-0.2, 0) is 9.47 Å². The topological polar surface area (TPSA) is 116 Å².